The number of benzene rings is 2. The van der Waals surface area contributed by atoms with Crippen LogP contribution in [-0.4, -0.2) is 16.8 Å². The monoisotopic (exact) mass is 360 g/mol. The number of halogens is 1. The van der Waals surface area contributed by atoms with E-state index in [1.807, 2.05) is 48.5 Å². The minimum absolute atomic E-state index is 0.315. The Balaban J connectivity index is 2.06. The van der Waals surface area contributed by atoms with E-state index in [0.717, 1.165) is 15.6 Å². The highest BCUT2D eigenvalue weighted by Gasteiger charge is 2.15. The van der Waals surface area contributed by atoms with Gasteiger partial charge >= 0.3 is 5.76 Å². The van der Waals surface area contributed by atoms with Gasteiger partial charge in [-0.2, -0.15) is 0 Å². The number of nitrogens with zero attached hydrogens (tertiary/aromatic N) is 2. The summed E-state index contributed by atoms with van der Waals surface area (Å²) in [7, 11) is 1.60. The summed E-state index contributed by atoms with van der Waals surface area (Å²) < 4.78 is 12.6. The molecular weight excluding hydrogens is 348 g/mol. The summed E-state index contributed by atoms with van der Waals surface area (Å²) in [6, 6.07) is 15.1. The van der Waals surface area contributed by atoms with Crippen LogP contribution >= 0.6 is 15.9 Å². The van der Waals surface area contributed by atoms with Crippen LogP contribution in [0.5, 0.6) is 5.75 Å². The summed E-state index contributed by atoms with van der Waals surface area (Å²) in [6.45, 7) is 0.315. The molecule has 0 saturated heterocycles. The molecule has 5 nitrogen and oxygen atoms in total. The van der Waals surface area contributed by atoms with Crippen molar-refractivity contribution in [1.29, 1.82) is 0 Å². The van der Waals surface area contributed by atoms with E-state index in [-0.39, 0.29) is 0 Å². The molecule has 3 rings (SSSR count). The molecule has 0 spiro atoms. The van der Waals surface area contributed by atoms with E-state index in [9.17, 15) is 4.79 Å². The summed E-state index contributed by atoms with van der Waals surface area (Å²) in [6.07, 6.45) is 0. The first-order valence-corrected chi connectivity index (χ1v) is 7.42. The molecule has 112 valence electrons. The third kappa shape index (κ3) is 2.82. The molecule has 1 aromatic heterocycles. The molecule has 0 saturated carbocycles. The topological polar surface area (TPSA) is 57.3 Å². The van der Waals surface area contributed by atoms with E-state index in [1.165, 1.54) is 4.57 Å². The standard InChI is InChI=1S/C16H13BrN2O3/c1-21-14-8-7-13(17)9-12(14)10-19-15(18-22-16(19)20)11-5-3-2-4-6-11/h2-9H,10H2,1H3. The summed E-state index contributed by atoms with van der Waals surface area (Å²) >= 11 is 3.43. The van der Waals surface area contributed by atoms with Gasteiger partial charge in [-0.15, -0.1) is 0 Å². The van der Waals surface area contributed by atoms with Crippen molar-refractivity contribution in [1.82, 2.24) is 9.72 Å². The van der Waals surface area contributed by atoms with Gasteiger partial charge in [0.25, 0.3) is 0 Å². The van der Waals surface area contributed by atoms with Crippen molar-refractivity contribution in [2.75, 3.05) is 7.11 Å². The van der Waals surface area contributed by atoms with Gasteiger partial charge in [0.05, 0.1) is 13.7 Å². The molecule has 0 fully saturated rings. The molecule has 0 atom stereocenters. The zero-order valence-electron chi connectivity index (χ0n) is 11.8. The van der Waals surface area contributed by atoms with Gasteiger partial charge in [0, 0.05) is 15.6 Å². The molecule has 1 heterocycles. The highest BCUT2D eigenvalue weighted by molar-refractivity contribution is 9.10. The van der Waals surface area contributed by atoms with Crippen LogP contribution in [0.25, 0.3) is 11.4 Å². The Bertz CT molecular complexity index is 840. The maximum Gasteiger partial charge on any atom is 0.442 e. The van der Waals surface area contributed by atoms with Crippen molar-refractivity contribution in [3.8, 4) is 17.1 Å². The van der Waals surface area contributed by atoms with Gasteiger partial charge in [-0.25, -0.2) is 4.79 Å². The van der Waals surface area contributed by atoms with Gasteiger partial charge in [-0.3, -0.25) is 9.09 Å². The minimum atomic E-state index is -0.499. The van der Waals surface area contributed by atoms with Gasteiger partial charge < -0.3 is 4.74 Å². The summed E-state index contributed by atoms with van der Waals surface area (Å²) in [5.74, 6) is 0.698. The van der Waals surface area contributed by atoms with E-state index in [2.05, 4.69) is 21.1 Å². The molecule has 22 heavy (non-hydrogen) atoms. The van der Waals surface area contributed by atoms with Gasteiger partial charge in [-0.05, 0) is 18.2 Å². The highest BCUT2D eigenvalue weighted by atomic mass is 79.9. The van der Waals surface area contributed by atoms with Crippen LogP contribution in [0.4, 0.5) is 0 Å². The predicted molar refractivity (Wildman–Crippen MR) is 86.0 cm³/mol. The van der Waals surface area contributed by atoms with E-state index in [1.54, 1.807) is 7.11 Å². The van der Waals surface area contributed by atoms with E-state index in [0.29, 0.717) is 18.1 Å². The van der Waals surface area contributed by atoms with Crippen LogP contribution in [0.3, 0.4) is 0 Å². The van der Waals surface area contributed by atoms with E-state index < -0.39 is 5.76 Å². The van der Waals surface area contributed by atoms with Crippen LogP contribution in [0.1, 0.15) is 5.56 Å². The summed E-state index contributed by atoms with van der Waals surface area (Å²) in [5, 5.41) is 3.88. The quantitative estimate of drug-likeness (QED) is 0.715. The van der Waals surface area contributed by atoms with Gasteiger partial charge in [0.15, 0.2) is 5.82 Å². The molecule has 0 radical (unpaired) electrons. The van der Waals surface area contributed by atoms with Crippen LogP contribution in [-0.2, 0) is 6.54 Å². The lowest BCUT2D eigenvalue weighted by atomic mass is 10.2. The lowest BCUT2D eigenvalue weighted by Crippen LogP contribution is -2.16. The first kappa shape index (κ1) is 14.6. The Morgan fingerprint density at radius 2 is 2.00 bits per heavy atom. The molecule has 0 aliphatic carbocycles. The molecular formula is C16H13BrN2O3. The zero-order chi connectivity index (χ0) is 15.5. The number of hydrogen-bond donors (Lipinski definition) is 0. The van der Waals surface area contributed by atoms with Crippen molar-refractivity contribution < 1.29 is 9.26 Å². The Morgan fingerprint density at radius 3 is 2.73 bits per heavy atom. The first-order chi connectivity index (χ1) is 10.7. The second kappa shape index (κ2) is 6.19. The van der Waals surface area contributed by atoms with Crippen LogP contribution in [0, 0.1) is 0 Å². The Morgan fingerprint density at radius 1 is 1.23 bits per heavy atom. The number of rotatable bonds is 4. The van der Waals surface area contributed by atoms with Crippen LogP contribution in [0.2, 0.25) is 0 Å². The second-order valence-electron chi connectivity index (χ2n) is 4.68. The maximum atomic E-state index is 12.0. The largest absolute Gasteiger partial charge is 0.496 e. The Hall–Kier alpha value is -2.34. The maximum absolute atomic E-state index is 12.0. The Kier molecular flexibility index (Phi) is 4.11. The molecule has 0 bridgehead atoms. The van der Waals surface area contributed by atoms with Crippen molar-refractivity contribution in [3.05, 3.63) is 69.1 Å². The Labute approximate surface area is 135 Å². The smallest absolute Gasteiger partial charge is 0.442 e. The molecule has 0 aliphatic heterocycles. The first-order valence-electron chi connectivity index (χ1n) is 6.63. The number of hydrogen-bond acceptors (Lipinski definition) is 4. The SMILES string of the molecule is COc1ccc(Br)cc1Cn1c(-c2ccccc2)noc1=O. The fourth-order valence-electron chi connectivity index (χ4n) is 2.24. The van der Waals surface area contributed by atoms with Crippen molar-refractivity contribution >= 4 is 15.9 Å². The molecule has 0 N–H and O–H groups in total. The van der Waals surface area contributed by atoms with Gasteiger partial charge in [-0.1, -0.05) is 51.4 Å². The van der Waals surface area contributed by atoms with Gasteiger partial charge in [0.2, 0.25) is 0 Å². The molecule has 2 aromatic carbocycles. The number of aromatic nitrogens is 2. The molecule has 0 aliphatic rings. The minimum Gasteiger partial charge on any atom is -0.496 e. The van der Waals surface area contributed by atoms with Crippen molar-refractivity contribution in [3.63, 3.8) is 0 Å². The molecule has 0 unspecified atom stereocenters. The fraction of sp³-hybridized carbons (Fsp3) is 0.125. The van der Waals surface area contributed by atoms with E-state index in [4.69, 9.17) is 9.26 Å². The zero-order valence-corrected chi connectivity index (χ0v) is 13.4. The second-order valence-corrected chi connectivity index (χ2v) is 5.60. The average molecular weight is 361 g/mol. The third-order valence-corrected chi connectivity index (χ3v) is 3.78. The predicted octanol–water partition coefficient (Wildman–Crippen LogP) is 3.32. The van der Waals surface area contributed by atoms with Crippen LogP contribution in [0.15, 0.2) is 62.3 Å². The molecule has 0 amide bonds. The lowest BCUT2D eigenvalue weighted by molar-refractivity contribution is 0.376. The number of methoxy groups -OCH3 is 1. The third-order valence-electron chi connectivity index (χ3n) is 3.29. The average Bonchev–Trinajstić information content (AvgIpc) is 2.90. The lowest BCUT2D eigenvalue weighted by Gasteiger charge is -2.10. The summed E-state index contributed by atoms with van der Waals surface area (Å²) in [4.78, 5) is 12.0. The van der Waals surface area contributed by atoms with Gasteiger partial charge in [0.1, 0.15) is 5.75 Å². The molecule has 3 aromatic rings. The van der Waals surface area contributed by atoms with Crippen LogP contribution < -0.4 is 10.5 Å². The van der Waals surface area contributed by atoms with E-state index >= 15 is 0 Å². The van der Waals surface area contributed by atoms with Crippen molar-refractivity contribution in [2.24, 2.45) is 0 Å². The highest BCUT2D eigenvalue weighted by Crippen LogP contribution is 2.25. The molecule has 6 heteroatoms. The fourth-order valence-corrected chi connectivity index (χ4v) is 2.65. The van der Waals surface area contributed by atoms with Crippen molar-refractivity contribution in [2.45, 2.75) is 6.54 Å². The normalized spacial score (nSPS) is 10.6. The summed E-state index contributed by atoms with van der Waals surface area (Å²) in [5.41, 5.74) is 1.68. The number of ether oxygens (including phenoxy) is 1.